The molecule has 0 fully saturated rings. The maximum absolute atomic E-state index is 11.5. The van der Waals surface area contributed by atoms with E-state index >= 15 is 0 Å². The molecule has 0 aliphatic rings. The average molecular weight is 339 g/mol. The Kier molecular flexibility index (Phi) is 10.3. The number of rotatable bonds is 6. The molecule has 24 heavy (non-hydrogen) atoms. The summed E-state index contributed by atoms with van der Waals surface area (Å²) in [4.78, 5) is 37.7. The number of esters is 1. The summed E-state index contributed by atoms with van der Waals surface area (Å²) in [5.74, 6) is 0.358. The van der Waals surface area contributed by atoms with Gasteiger partial charge in [-0.15, -0.1) is 0 Å². The molecule has 0 atom stereocenters. The third kappa shape index (κ3) is 6.52. The number of aromatic nitrogens is 2. The molecule has 0 aromatic carbocycles. The summed E-state index contributed by atoms with van der Waals surface area (Å²) < 4.78 is 7.18. The molecule has 7 heteroatoms. The van der Waals surface area contributed by atoms with Crippen molar-refractivity contribution in [3.8, 4) is 0 Å². The highest BCUT2D eigenvalue weighted by molar-refractivity contribution is 5.69. The van der Waals surface area contributed by atoms with E-state index in [0.29, 0.717) is 24.4 Å². The molecule has 1 aromatic rings. The van der Waals surface area contributed by atoms with Crippen LogP contribution in [0, 0.1) is 6.92 Å². The van der Waals surface area contributed by atoms with Crippen molar-refractivity contribution < 1.29 is 9.53 Å². The maximum Gasteiger partial charge on any atom is 0.332 e. The van der Waals surface area contributed by atoms with Crippen molar-refractivity contribution in [1.29, 1.82) is 0 Å². The largest absolute Gasteiger partial charge is 0.466 e. The average Bonchev–Trinajstić information content (AvgIpc) is 2.56. The standard InChI is InChI=1S/C9H13N3O2.C8H16O2/c1-5-10-7-6(2)8(13)12(4)9(14)11(7)3;1-3-5-6-7-8(9)10-4-2/h5H,1-4H3;3-7H2,1-2H3/b10-5-;. The molecular formula is C17H29N3O4. The van der Waals surface area contributed by atoms with Crippen molar-refractivity contribution in [3.63, 3.8) is 0 Å². The Morgan fingerprint density at radius 2 is 1.79 bits per heavy atom. The number of unbranched alkanes of at least 4 members (excludes halogenated alkanes) is 2. The molecule has 0 spiro atoms. The van der Waals surface area contributed by atoms with E-state index in [1.165, 1.54) is 11.6 Å². The van der Waals surface area contributed by atoms with Gasteiger partial charge < -0.3 is 4.74 Å². The van der Waals surface area contributed by atoms with Crippen molar-refractivity contribution >= 4 is 18.0 Å². The topological polar surface area (TPSA) is 82.7 Å². The third-order valence-corrected chi connectivity index (χ3v) is 3.39. The Labute approximate surface area is 143 Å². The van der Waals surface area contributed by atoms with Gasteiger partial charge in [0.05, 0.1) is 12.2 Å². The van der Waals surface area contributed by atoms with Crippen LogP contribution in [0.25, 0.3) is 0 Å². The van der Waals surface area contributed by atoms with E-state index in [-0.39, 0.29) is 17.2 Å². The van der Waals surface area contributed by atoms with Gasteiger partial charge in [0.1, 0.15) is 5.82 Å². The first-order valence-electron chi connectivity index (χ1n) is 8.22. The zero-order chi connectivity index (χ0) is 18.7. The van der Waals surface area contributed by atoms with Gasteiger partial charge in [-0.3, -0.25) is 18.7 Å². The van der Waals surface area contributed by atoms with Crippen molar-refractivity contribution in [1.82, 2.24) is 9.13 Å². The van der Waals surface area contributed by atoms with Crippen LogP contribution in [0.2, 0.25) is 0 Å². The number of hydrogen-bond acceptors (Lipinski definition) is 5. The van der Waals surface area contributed by atoms with Crippen LogP contribution in [0.4, 0.5) is 5.82 Å². The van der Waals surface area contributed by atoms with Crippen LogP contribution in [0.1, 0.15) is 52.0 Å². The van der Waals surface area contributed by atoms with Crippen molar-refractivity contribution in [2.45, 2.75) is 53.4 Å². The fourth-order valence-electron chi connectivity index (χ4n) is 2.06. The number of nitrogens with zero attached hydrogens (tertiary/aromatic N) is 3. The lowest BCUT2D eigenvalue weighted by Gasteiger charge is -2.07. The van der Waals surface area contributed by atoms with Gasteiger partial charge in [-0.2, -0.15) is 0 Å². The smallest absolute Gasteiger partial charge is 0.332 e. The molecule has 1 heterocycles. The molecule has 0 unspecified atom stereocenters. The van der Waals surface area contributed by atoms with Crippen molar-refractivity contribution in [2.75, 3.05) is 6.61 Å². The molecule has 1 rings (SSSR count). The van der Waals surface area contributed by atoms with E-state index < -0.39 is 0 Å². The van der Waals surface area contributed by atoms with E-state index in [1.807, 2.05) is 6.92 Å². The summed E-state index contributed by atoms with van der Waals surface area (Å²) in [5.41, 5.74) is -0.178. The molecule has 136 valence electrons. The van der Waals surface area contributed by atoms with Gasteiger partial charge >= 0.3 is 11.7 Å². The predicted molar refractivity (Wildman–Crippen MR) is 96.3 cm³/mol. The van der Waals surface area contributed by atoms with Gasteiger partial charge in [-0.1, -0.05) is 19.8 Å². The van der Waals surface area contributed by atoms with Crippen LogP contribution in [0.3, 0.4) is 0 Å². The van der Waals surface area contributed by atoms with Crippen LogP contribution >= 0.6 is 0 Å². The summed E-state index contributed by atoms with van der Waals surface area (Å²) >= 11 is 0. The van der Waals surface area contributed by atoms with Crippen LogP contribution in [-0.2, 0) is 23.6 Å². The Balaban J connectivity index is 0.000000470. The molecule has 0 amide bonds. The number of ether oxygens (including phenoxy) is 1. The third-order valence-electron chi connectivity index (χ3n) is 3.39. The molecule has 0 saturated heterocycles. The molecule has 0 saturated carbocycles. The molecule has 0 radical (unpaired) electrons. The highest BCUT2D eigenvalue weighted by Gasteiger charge is 2.09. The van der Waals surface area contributed by atoms with Gasteiger partial charge in [0.25, 0.3) is 5.56 Å². The van der Waals surface area contributed by atoms with E-state index in [4.69, 9.17) is 4.74 Å². The van der Waals surface area contributed by atoms with Crippen molar-refractivity contribution in [2.24, 2.45) is 19.1 Å². The molecule has 0 bridgehead atoms. The minimum atomic E-state index is -0.360. The summed E-state index contributed by atoms with van der Waals surface area (Å²) in [5, 5.41) is 0. The van der Waals surface area contributed by atoms with Crippen LogP contribution in [0.15, 0.2) is 14.6 Å². The molecule has 0 aliphatic carbocycles. The SMILES string of the molecule is C/C=N\c1c(C)c(=O)n(C)c(=O)n1C.CCCCCC(=O)OCC. The lowest BCUT2D eigenvalue weighted by Crippen LogP contribution is -2.38. The summed E-state index contributed by atoms with van der Waals surface area (Å²) in [6.07, 6.45) is 5.39. The second kappa shape index (κ2) is 11.4. The molecule has 0 N–H and O–H groups in total. The lowest BCUT2D eigenvalue weighted by molar-refractivity contribution is -0.143. The number of aliphatic imine (C=N–C) groups is 1. The monoisotopic (exact) mass is 339 g/mol. The van der Waals surface area contributed by atoms with E-state index in [2.05, 4.69) is 11.9 Å². The normalized spacial score (nSPS) is 10.4. The highest BCUT2D eigenvalue weighted by atomic mass is 16.5. The number of hydrogen-bond donors (Lipinski definition) is 0. The zero-order valence-corrected chi connectivity index (χ0v) is 15.6. The van der Waals surface area contributed by atoms with Gasteiger partial charge in [-0.25, -0.2) is 9.79 Å². The molecular weight excluding hydrogens is 310 g/mol. The van der Waals surface area contributed by atoms with Gasteiger partial charge in [0.2, 0.25) is 0 Å². The molecule has 7 nitrogen and oxygen atoms in total. The Morgan fingerprint density at radius 3 is 2.29 bits per heavy atom. The first kappa shape index (κ1) is 21.8. The van der Waals surface area contributed by atoms with Gasteiger partial charge in [0, 0.05) is 26.7 Å². The second-order valence-corrected chi connectivity index (χ2v) is 5.30. The van der Waals surface area contributed by atoms with E-state index in [0.717, 1.165) is 23.8 Å². The summed E-state index contributed by atoms with van der Waals surface area (Å²) in [7, 11) is 3.05. The lowest BCUT2D eigenvalue weighted by atomic mass is 10.2. The van der Waals surface area contributed by atoms with E-state index in [1.54, 1.807) is 27.1 Å². The van der Waals surface area contributed by atoms with E-state index in [9.17, 15) is 14.4 Å². The Morgan fingerprint density at radius 1 is 1.17 bits per heavy atom. The minimum absolute atomic E-state index is 0.0593. The van der Waals surface area contributed by atoms with Gasteiger partial charge in [0.15, 0.2) is 0 Å². The predicted octanol–water partition coefficient (Wildman–Crippen LogP) is 2.24. The first-order chi connectivity index (χ1) is 11.3. The second-order valence-electron chi connectivity index (χ2n) is 5.30. The van der Waals surface area contributed by atoms with Crippen LogP contribution in [0.5, 0.6) is 0 Å². The molecule has 1 aromatic heterocycles. The highest BCUT2D eigenvalue weighted by Crippen LogP contribution is 2.09. The number of carbonyl (C=O) groups excluding carboxylic acids is 1. The van der Waals surface area contributed by atoms with Gasteiger partial charge in [-0.05, 0) is 27.2 Å². The quantitative estimate of drug-likeness (QED) is 0.452. The first-order valence-corrected chi connectivity index (χ1v) is 8.22. The molecule has 0 aliphatic heterocycles. The van der Waals surface area contributed by atoms with Crippen LogP contribution in [-0.4, -0.2) is 27.9 Å². The Bertz CT molecular complexity index is 634. The van der Waals surface area contributed by atoms with Crippen LogP contribution < -0.4 is 11.2 Å². The fraction of sp³-hybridized carbons (Fsp3) is 0.647. The summed E-state index contributed by atoms with van der Waals surface area (Å²) in [6, 6.07) is 0. The minimum Gasteiger partial charge on any atom is -0.466 e. The maximum atomic E-state index is 11.5. The van der Waals surface area contributed by atoms with Crippen molar-refractivity contribution in [3.05, 3.63) is 26.4 Å². The number of carbonyl (C=O) groups is 1. The zero-order valence-electron chi connectivity index (χ0n) is 15.6. The Hall–Kier alpha value is -2.18. The summed E-state index contributed by atoms with van der Waals surface area (Å²) in [6.45, 7) is 7.85. The fourth-order valence-corrected chi connectivity index (χ4v) is 2.06.